The van der Waals surface area contributed by atoms with Gasteiger partial charge in [-0.15, -0.1) is 0 Å². The van der Waals surface area contributed by atoms with Crippen molar-refractivity contribution in [3.63, 3.8) is 0 Å². The molecule has 1 aromatic carbocycles. The van der Waals surface area contributed by atoms with Crippen LogP contribution in [0.15, 0.2) is 24.3 Å². The van der Waals surface area contributed by atoms with Crippen molar-refractivity contribution in [3.8, 4) is 0 Å². The molecule has 3 N–H and O–H groups in total. The van der Waals surface area contributed by atoms with E-state index in [1.807, 2.05) is 19.1 Å². The lowest BCUT2D eigenvalue weighted by Crippen LogP contribution is -2.50. The Morgan fingerprint density at radius 1 is 1.24 bits per heavy atom. The van der Waals surface area contributed by atoms with Crippen LogP contribution in [0, 0.1) is 11.7 Å². The highest BCUT2D eigenvalue weighted by Crippen LogP contribution is 2.30. The molecule has 0 aromatic heterocycles. The van der Waals surface area contributed by atoms with E-state index in [-0.39, 0.29) is 18.0 Å². The van der Waals surface area contributed by atoms with Crippen molar-refractivity contribution in [2.24, 2.45) is 11.8 Å². The molecule has 1 aliphatic rings. The number of hydrazine groups is 1. The van der Waals surface area contributed by atoms with E-state index < -0.39 is 0 Å². The maximum absolute atomic E-state index is 13.0. The number of halogens is 1. The minimum Gasteiger partial charge on any atom is -0.377 e. The van der Waals surface area contributed by atoms with Gasteiger partial charge in [-0.25, -0.2) is 4.39 Å². The predicted molar refractivity (Wildman–Crippen MR) is 83.2 cm³/mol. The molecule has 1 saturated carbocycles. The molecular formula is C17H27FN2O. The van der Waals surface area contributed by atoms with Crippen LogP contribution in [-0.4, -0.2) is 18.8 Å². The molecule has 0 saturated heterocycles. The van der Waals surface area contributed by atoms with Crippen molar-refractivity contribution in [2.75, 3.05) is 6.61 Å². The van der Waals surface area contributed by atoms with E-state index in [4.69, 9.17) is 10.6 Å². The Bertz CT molecular complexity index is 404. The molecule has 1 aromatic rings. The molecule has 0 bridgehead atoms. The second-order valence-electron chi connectivity index (χ2n) is 5.92. The summed E-state index contributed by atoms with van der Waals surface area (Å²) in [6.07, 6.45) is 7.21. The molecule has 0 heterocycles. The van der Waals surface area contributed by atoms with E-state index in [2.05, 4.69) is 5.43 Å². The lowest BCUT2D eigenvalue weighted by Gasteiger charge is -2.35. The third-order valence-electron chi connectivity index (χ3n) is 4.45. The summed E-state index contributed by atoms with van der Waals surface area (Å²) >= 11 is 0. The van der Waals surface area contributed by atoms with Gasteiger partial charge in [0, 0.05) is 6.61 Å². The average Bonchev–Trinajstić information content (AvgIpc) is 2.53. The van der Waals surface area contributed by atoms with Gasteiger partial charge in [-0.05, 0) is 49.8 Å². The summed E-state index contributed by atoms with van der Waals surface area (Å²) < 4.78 is 19.0. The zero-order valence-electron chi connectivity index (χ0n) is 12.9. The van der Waals surface area contributed by atoms with Gasteiger partial charge in [0.25, 0.3) is 0 Å². The van der Waals surface area contributed by atoms with Crippen LogP contribution >= 0.6 is 0 Å². The summed E-state index contributed by atoms with van der Waals surface area (Å²) in [7, 11) is 0. The van der Waals surface area contributed by atoms with Crippen LogP contribution in [0.1, 0.15) is 44.6 Å². The predicted octanol–water partition coefficient (Wildman–Crippen LogP) is 3.19. The van der Waals surface area contributed by atoms with Gasteiger partial charge in [-0.3, -0.25) is 11.3 Å². The number of rotatable bonds is 7. The zero-order chi connectivity index (χ0) is 15.1. The van der Waals surface area contributed by atoms with Gasteiger partial charge in [0.2, 0.25) is 0 Å². The fourth-order valence-electron chi connectivity index (χ4n) is 3.38. The number of ether oxygens (including phenoxy) is 1. The monoisotopic (exact) mass is 294 g/mol. The summed E-state index contributed by atoms with van der Waals surface area (Å²) in [6, 6.07) is 6.71. The van der Waals surface area contributed by atoms with Gasteiger partial charge >= 0.3 is 0 Å². The van der Waals surface area contributed by atoms with Gasteiger partial charge < -0.3 is 4.74 Å². The first-order valence-corrected chi connectivity index (χ1v) is 8.06. The number of nitrogens with one attached hydrogen (secondary N) is 1. The van der Waals surface area contributed by atoms with E-state index in [0.29, 0.717) is 12.5 Å². The molecule has 0 aliphatic heterocycles. The molecule has 118 valence electrons. The first-order chi connectivity index (χ1) is 10.2. The largest absolute Gasteiger partial charge is 0.377 e. The Morgan fingerprint density at radius 2 is 1.90 bits per heavy atom. The van der Waals surface area contributed by atoms with E-state index in [9.17, 15) is 4.39 Å². The highest BCUT2D eigenvalue weighted by molar-refractivity contribution is 5.17. The summed E-state index contributed by atoms with van der Waals surface area (Å²) in [6.45, 7) is 2.73. The van der Waals surface area contributed by atoms with Crippen molar-refractivity contribution >= 4 is 0 Å². The van der Waals surface area contributed by atoms with E-state index in [1.54, 1.807) is 0 Å². The van der Waals surface area contributed by atoms with Crippen LogP contribution in [0.2, 0.25) is 0 Å². The molecule has 21 heavy (non-hydrogen) atoms. The average molecular weight is 294 g/mol. The third-order valence-corrected chi connectivity index (χ3v) is 4.45. The van der Waals surface area contributed by atoms with E-state index >= 15 is 0 Å². The fraction of sp³-hybridized carbons (Fsp3) is 0.647. The second-order valence-corrected chi connectivity index (χ2v) is 5.92. The van der Waals surface area contributed by atoms with Crippen LogP contribution in [0.3, 0.4) is 0 Å². The van der Waals surface area contributed by atoms with Gasteiger partial charge in [0.15, 0.2) is 0 Å². The van der Waals surface area contributed by atoms with Gasteiger partial charge in [0.05, 0.1) is 12.1 Å². The molecule has 2 rings (SSSR count). The Balaban J connectivity index is 2.05. The maximum atomic E-state index is 13.0. The molecular weight excluding hydrogens is 267 g/mol. The van der Waals surface area contributed by atoms with Crippen molar-refractivity contribution in [1.29, 1.82) is 0 Å². The highest BCUT2D eigenvalue weighted by atomic mass is 19.1. The Labute approximate surface area is 127 Å². The Hall–Kier alpha value is -0.970. The summed E-state index contributed by atoms with van der Waals surface area (Å²) in [4.78, 5) is 0. The van der Waals surface area contributed by atoms with Gasteiger partial charge in [-0.1, -0.05) is 31.4 Å². The minimum absolute atomic E-state index is 0.0681. The SMILES string of the molecule is CCOC(C1CCCCC1)C(Cc1ccc(F)cc1)NN. The first kappa shape index (κ1) is 16.4. The molecule has 1 aliphatic carbocycles. The van der Waals surface area contributed by atoms with Crippen molar-refractivity contribution < 1.29 is 9.13 Å². The van der Waals surface area contributed by atoms with E-state index in [0.717, 1.165) is 12.0 Å². The molecule has 1 fully saturated rings. The standard InChI is InChI=1S/C17H27FN2O/c1-2-21-17(14-6-4-3-5-7-14)16(20-19)12-13-8-10-15(18)11-9-13/h8-11,14,16-17,20H,2-7,12,19H2,1H3. The summed E-state index contributed by atoms with van der Waals surface area (Å²) in [5, 5.41) is 0. The lowest BCUT2D eigenvalue weighted by molar-refractivity contribution is -0.0175. The van der Waals surface area contributed by atoms with Crippen molar-refractivity contribution in [2.45, 2.75) is 57.6 Å². The van der Waals surface area contributed by atoms with Crippen LogP contribution in [0.5, 0.6) is 0 Å². The van der Waals surface area contributed by atoms with Crippen molar-refractivity contribution in [3.05, 3.63) is 35.6 Å². The number of hydrogen-bond acceptors (Lipinski definition) is 3. The smallest absolute Gasteiger partial charge is 0.123 e. The van der Waals surface area contributed by atoms with Crippen LogP contribution in [0.25, 0.3) is 0 Å². The normalized spacial score (nSPS) is 19.4. The van der Waals surface area contributed by atoms with Crippen molar-refractivity contribution in [1.82, 2.24) is 5.43 Å². The minimum atomic E-state index is -0.204. The second kappa shape index (κ2) is 8.47. The number of hydrogen-bond donors (Lipinski definition) is 2. The van der Waals surface area contributed by atoms with Crippen LogP contribution < -0.4 is 11.3 Å². The topological polar surface area (TPSA) is 47.3 Å². The first-order valence-electron chi connectivity index (χ1n) is 8.06. The van der Waals surface area contributed by atoms with Crippen LogP contribution in [0.4, 0.5) is 4.39 Å². The highest BCUT2D eigenvalue weighted by Gasteiger charge is 2.30. The molecule has 0 spiro atoms. The van der Waals surface area contributed by atoms with E-state index in [1.165, 1.54) is 44.2 Å². The molecule has 3 nitrogen and oxygen atoms in total. The van der Waals surface area contributed by atoms with Gasteiger partial charge in [0.1, 0.15) is 5.82 Å². The molecule has 4 heteroatoms. The lowest BCUT2D eigenvalue weighted by atomic mass is 9.81. The molecule has 0 amide bonds. The number of nitrogens with two attached hydrogens (primary N) is 1. The number of benzene rings is 1. The Kier molecular flexibility index (Phi) is 6.61. The maximum Gasteiger partial charge on any atom is 0.123 e. The fourth-order valence-corrected chi connectivity index (χ4v) is 3.38. The molecule has 2 atom stereocenters. The Morgan fingerprint density at radius 3 is 2.48 bits per heavy atom. The van der Waals surface area contributed by atoms with Gasteiger partial charge in [-0.2, -0.15) is 0 Å². The van der Waals surface area contributed by atoms with Crippen LogP contribution in [-0.2, 0) is 11.2 Å². The quantitative estimate of drug-likeness (QED) is 0.600. The summed E-state index contributed by atoms with van der Waals surface area (Å²) in [5.74, 6) is 6.15. The molecule has 2 unspecified atom stereocenters. The zero-order valence-corrected chi connectivity index (χ0v) is 12.9. The summed E-state index contributed by atoms with van der Waals surface area (Å²) in [5.41, 5.74) is 4.01. The molecule has 0 radical (unpaired) electrons. The third kappa shape index (κ3) is 4.77.